The Bertz CT molecular complexity index is 568. The van der Waals surface area contributed by atoms with Gasteiger partial charge in [0, 0.05) is 31.5 Å². The van der Waals surface area contributed by atoms with Crippen LogP contribution >= 0.6 is 0 Å². The SMILES string of the molecule is COc1ccc(CN2C[C@H](C)CC2c2cccnc2)cc1. The summed E-state index contributed by atoms with van der Waals surface area (Å²) in [5, 5.41) is 0. The monoisotopic (exact) mass is 282 g/mol. The molecule has 0 N–H and O–H groups in total. The zero-order chi connectivity index (χ0) is 14.7. The molecular weight excluding hydrogens is 260 g/mol. The van der Waals surface area contributed by atoms with Gasteiger partial charge in [-0.3, -0.25) is 9.88 Å². The first kappa shape index (κ1) is 14.1. The van der Waals surface area contributed by atoms with Crippen LogP contribution < -0.4 is 4.74 Å². The van der Waals surface area contributed by atoms with Gasteiger partial charge in [-0.05, 0) is 41.7 Å². The maximum atomic E-state index is 5.22. The van der Waals surface area contributed by atoms with E-state index in [2.05, 4.69) is 35.0 Å². The van der Waals surface area contributed by atoms with Crippen molar-refractivity contribution in [1.29, 1.82) is 0 Å². The Morgan fingerprint density at radius 1 is 1.24 bits per heavy atom. The molecule has 0 amide bonds. The van der Waals surface area contributed by atoms with Crippen LogP contribution in [0.25, 0.3) is 0 Å². The van der Waals surface area contributed by atoms with Gasteiger partial charge >= 0.3 is 0 Å². The van der Waals surface area contributed by atoms with Crippen LogP contribution in [0, 0.1) is 5.92 Å². The van der Waals surface area contributed by atoms with Crippen molar-refractivity contribution in [2.45, 2.75) is 25.9 Å². The average Bonchev–Trinajstić information content (AvgIpc) is 2.89. The highest BCUT2D eigenvalue weighted by molar-refractivity contribution is 5.27. The average molecular weight is 282 g/mol. The summed E-state index contributed by atoms with van der Waals surface area (Å²) < 4.78 is 5.22. The number of aromatic nitrogens is 1. The van der Waals surface area contributed by atoms with Crippen molar-refractivity contribution in [2.75, 3.05) is 13.7 Å². The van der Waals surface area contributed by atoms with Gasteiger partial charge in [0.15, 0.2) is 0 Å². The lowest BCUT2D eigenvalue weighted by atomic mass is 10.0. The van der Waals surface area contributed by atoms with Crippen molar-refractivity contribution >= 4 is 0 Å². The van der Waals surface area contributed by atoms with Gasteiger partial charge in [0.05, 0.1) is 7.11 Å². The Morgan fingerprint density at radius 3 is 2.71 bits per heavy atom. The molecule has 1 fully saturated rings. The first-order valence-electron chi connectivity index (χ1n) is 7.53. The molecule has 1 aromatic carbocycles. The minimum absolute atomic E-state index is 0.482. The second kappa shape index (κ2) is 6.27. The third kappa shape index (κ3) is 3.24. The second-order valence-electron chi connectivity index (χ2n) is 5.92. The first-order chi connectivity index (χ1) is 10.3. The van der Waals surface area contributed by atoms with Gasteiger partial charge in [0.2, 0.25) is 0 Å². The summed E-state index contributed by atoms with van der Waals surface area (Å²) in [5.74, 6) is 1.64. The molecular formula is C18H22N2O. The minimum atomic E-state index is 0.482. The number of ether oxygens (including phenoxy) is 1. The lowest BCUT2D eigenvalue weighted by Gasteiger charge is -2.24. The second-order valence-corrected chi connectivity index (χ2v) is 5.92. The van der Waals surface area contributed by atoms with Crippen LogP contribution in [0.4, 0.5) is 0 Å². The molecule has 0 bridgehead atoms. The van der Waals surface area contributed by atoms with E-state index in [9.17, 15) is 0 Å². The van der Waals surface area contributed by atoms with Crippen LogP contribution in [0.1, 0.15) is 30.5 Å². The van der Waals surface area contributed by atoms with Crippen molar-refractivity contribution < 1.29 is 4.74 Å². The fourth-order valence-corrected chi connectivity index (χ4v) is 3.19. The molecule has 21 heavy (non-hydrogen) atoms. The van der Waals surface area contributed by atoms with Crippen LogP contribution in [0.3, 0.4) is 0 Å². The van der Waals surface area contributed by atoms with E-state index in [0.717, 1.165) is 24.8 Å². The molecule has 1 aromatic heterocycles. The minimum Gasteiger partial charge on any atom is -0.497 e. The Balaban J connectivity index is 1.76. The van der Waals surface area contributed by atoms with Crippen molar-refractivity contribution in [1.82, 2.24) is 9.88 Å². The normalized spacial score (nSPS) is 22.4. The topological polar surface area (TPSA) is 25.4 Å². The van der Waals surface area contributed by atoms with E-state index < -0.39 is 0 Å². The molecule has 0 radical (unpaired) electrons. The van der Waals surface area contributed by atoms with Gasteiger partial charge in [-0.15, -0.1) is 0 Å². The molecule has 1 aliphatic heterocycles. The van der Waals surface area contributed by atoms with E-state index >= 15 is 0 Å². The number of benzene rings is 1. The molecule has 1 aliphatic rings. The third-order valence-electron chi connectivity index (χ3n) is 4.23. The molecule has 1 unspecified atom stereocenters. The van der Waals surface area contributed by atoms with Crippen molar-refractivity contribution in [3.8, 4) is 5.75 Å². The van der Waals surface area contributed by atoms with Gasteiger partial charge in [-0.25, -0.2) is 0 Å². The number of pyridine rings is 1. The standard InChI is InChI=1S/C18H22N2O/c1-14-10-18(16-4-3-9-19-11-16)20(12-14)13-15-5-7-17(21-2)8-6-15/h3-9,11,14,18H,10,12-13H2,1-2H3/t14-,18?/m1/s1. The lowest BCUT2D eigenvalue weighted by Crippen LogP contribution is -2.23. The van der Waals surface area contributed by atoms with Crippen LogP contribution in [0.5, 0.6) is 5.75 Å². The molecule has 0 spiro atoms. The van der Waals surface area contributed by atoms with Gasteiger partial charge in [0.25, 0.3) is 0 Å². The Kier molecular flexibility index (Phi) is 4.20. The number of nitrogens with zero attached hydrogens (tertiary/aromatic N) is 2. The molecule has 2 heterocycles. The fraction of sp³-hybridized carbons (Fsp3) is 0.389. The van der Waals surface area contributed by atoms with E-state index in [1.165, 1.54) is 17.5 Å². The van der Waals surface area contributed by atoms with E-state index in [4.69, 9.17) is 4.74 Å². The summed E-state index contributed by atoms with van der Waals surface area (Å²) in [7, 11) is 1.70. The van der Waals surface area contributed by atoms with Gasteiger partial charge in [0.1, 0.15) is 5.75 Å². The van der Waals surface area contributed by atoms with Crippen LogP contribution in [-0.4, -0.2) is 23.5 Å². The summed E-state index contributed by atoms with van der Waals surface area (Å²) in [5.41, 5.74) is 2.66. The summed E-state index contributed by atoms with van der Waals surface area (Å²) in [4.78, 5) is 6.83. The molecule has 2 atom stereocenters. The molecule has 0 saturated carbocycles. The molecule has 3 rings (SSSR count). The summed E-state index contributed by atoms with van der Waals surface area (Å²) >= 11 is 0. The van der Waals surface area contributed by atoms with E-state index in [-0.39, 0.29) is 0 Å². The van der Waals surface area contributed by atoms with Crippen molar-refractivity contribution in [3.05, 3.63) is 59.9 Å². The molecule has 3 nitrogen and oxygen atoms in total. The van der Waals surface area contributed by atoms with E-state index in [0.29, 0.717) is 6.04 Å². The van der Waals surface area contributed by atoms with Crippen LogP contribution in [0.15, 0.2) is 48.8 Å². The smallest absolute Gasteiger partial charge is 0.118 e. The van der Waals surface area contributed by atoms with Gasteiger partial charge < -0.3 is 4.74 Å². The van der Waals surface area contributed by atoms with E-state index in [1.54, 1.807) is 7.11 Å². The van der Waals surface area contributed by atoms with Crippen LogP contribution in [-0.2, 0) is 6.54 Å². The number of likely N-dealkylation sites (tertiary alicyclic amines) is 1. The number of hydrogen-bond donors (Lipinski definition) is 0. The number of hydrogen-bond acceptors (Lipinski definition) is 3. The molecule has 1 saturated heterocycles. The zero-order valence-corrected chi connectivity index (χ0v) is 12.7. The largest absolute Gasteiger partial charge is 0.497 e. The Labute approximate surface area is 126 Å². The van der Waals surface area contributed by atoms with Gasteiger partial charge in [-0.2, -0.15) is 0 Å². The molecule has 110 valence electrons. The number of methoxy groups -OCH3 is 1. The summed E-state index contributed by atoms with van der Waals surface area (Å²) in [6, 6.07) is 13.1. The Morgan fingerprint density at radius 2 is 2.05 bits per heavy atom. The van der Waals surface area contributed by atoms with Crippen molar-refractivity contribution in [2.24, 2.45) is 5.92 Å². The zero-order valence-electron chi connectivity index (χ0n) is 12.7. The fourth-order valence-electron chi connectivity index (χ4n) is 3.19. The quantitative estimate of drug-likeness (QED) is 0.855. The molecule has 3 heteroatoms. The highest BCUT2D eigenvalue weighted by Gasteiger charge is 2.30. The maximum Gasteiger partial charge on any atom is 0.118 e. The third-order valence-corrected chi connectivity index (χ3v) is 4.23. The van der Waals surface area contributed by atoms with Crippen molar-refractivity contribution in [3.63, 3.8) is 0 Å². The first-order valence-corrected chi connectivity index (χ1v) is 7.53. The Hall–Kier alpha value is -1.87. The predicted octanol–water partition coefficient (Wildman–Crippen LogP) is 3.67. The summed E-state index contributed by atoms with van der Waals surface area (Å²) in [6.07, 6.45) is 5.06. The highest BCUT2D eigenvalue weighted by Crippen LogP contribution is 2.35. The van der Waals surface area contributed by atoms with E-state index in [1.807, 2.05) is 30.6 Å². The maximum absolute atomic E-state index is 5.22. The van der Waals surface area contributed by atoms with Crippen LogP contribution in [0.2, 0.25) is 0 Å². The number of rotatable bonds is 4. The predicted molar refractivity (Wildman–Crippen MR) is 84.2 cm³/mol. The van der Waals surface area contributed by atoms with Gasteiger partial charge in [-0.1, -0.05) is 25.1 Å². The molecule has 2 aromatic rings. The summed E-state index contributed by atoms with van der Waals surface area (Å²) in [6.45, 7) is 4.46. The highest BCUT2D eigenvalue weighted by atomic mass is 16.5. The molecule has 0 aliphatic carbocycles. The lowest BCUT2D eigenvalue weighted by molar-refractivity contribution is 0.245.